The summed E-state index contributed by atoms with van der Waals surface area (Å²) < 4.78 is 5.52. The number of hydrogen-bond acceptors (Lipinski definition) is 4. The van der Waals surface area contributed by atoms with Crippen LogP contribution in [0.25, 0.3) is 0 Å². The third-order valence-electron chi connectivity index (χ3n) is 5.30. The standard InChI is InChI=1S/C15H20O4/c1-7-9-4-5-15(3,18)10-6-11(16)8(2)12(10)13(9)19-14(7)17/h7,9-10,13,18H,4-6H2,1-3H3/t7-,9-,10?,13-,15+/m0/s1. The highest BCUT2D eigenvalue weighted by atomic mass is 16.6. The molecule has 1 aliphatic heterocycles. The van der Waals surface area contributed by atoms with E-state index in [4.69, 9.17) is 4.74 Å². The van der Waals surface area contributed by atoms with Crippen LogP contribution in [-0.2, 0) is 14.3 Å². The van der Waals surface area contributed by atoms with Gasteiger partial charge in [-0.05, 0) is 37.8 Å². The van der Waals surface area contributed by atoms with E-state index in [-0.39, 0.29) is 35.6 Å². The Morgan fingerprint density at radius 1 is 1.37 bits per heavy atom. The van der Waals surface area contributed by atoms with E-state index in [9.17, 15) is 14.7 Å². The molecule has 1 N–H and O–H groups in total. The minimum absolute atomic E-state index is 0.0801. The minimum atomic E-state index is -0.876. The average Bonchev–Trinajstić information content (AvgIpc) is 2.74. The van der Waals surface area contributed by atoms with Gasteiger partial charge in [-0.3, -0.25) is 9.59 Å². The van der Waals surface area contributed by atoms with Gasteiger partial charge in [0.1, 0.15) is 6.10 Å². The van der Waals surface area contributed by atoms with Crippen molar-refractivity contribution < 1.29 is 19.4 Å². The first-order chi connectivity index (χ1) is 8.83. The zero-order valence-electron chi connectivity index (χ0n) is 11.6. The summed E-state index contributed by atoms with van der Waals surface area (Å²) in [5.41, 5.74) is 0.707. The lowest BCUT2D eigenvalue weighted by molar-refractivity contribution is -0.143. The van der Waals surface area contributed by atoms with E-state index in [1.807, 2.05) is 6.92 Å². The van der Waals surface area contributed by atoms with Gasteiger partial charge < -0.3 is 9.84 Å². The van der Waals surface area contributed by atoms with Crippen molar-refractivity contribution >= 4 is 11.8 Å². The Bertz CT molecular complexity index is 488. The number of hydrogen-bond donors (Lipinski definition) is 1. The summed E-state index contributed by atoms with van der Waals surface area (Å²) in [4.78, 5) is 23.8. The number of ketones is 1. The highest BCUT2D eigenvalue weighted by Gasteiger charge is 2.54. The molecule has 2 fully saturated rings. The Labute approximate surface area is 112 Å². The van der Waals surface area contributed by atoms with Gasteiger partial charge in [-0.15, -0.1) is 0 Å². The second-order valence-electron chi connectivity index (χ2n) is 6.47. The van der Waals surface area contributed by atoms with Crippen molar-refractivity contribution in [3.63, 3.8) is 0 Å². The van der Waals surface area contributed by atoms with E-state index < -0.39 is 5.60 Å². The molecule has 0 bridgehead atoms. The van der Waals surface area contributed by atoms with Crippen molar-refractivity contribution in [2.75, 3.05) is 0 Å². The van der Waals surface area contributed by atoms with Gasteiger partial charge >= 0.3 is 5.97 Å². The Morgan fingerprint density at radius 2 is 2.05 bits per heavy atom. The third-order valence-corrected chi connectivity index (χ3v) is 5.30. The van der Waals surface area contributed by atoms with Crippen LogP contribution in [0.4, 0.5) is 0 Å². The van der Waals surface area contributed by atoms with Gasteiger partial charge in [-0.1, -0.05) is 6.92 Å². The summed E-state index contributed by atoms with van der Waals surface area (Å²) in [5.74, 6) is -0.324. The summed E-state index contributed by atoms with van der Waals surface area (Å²) in [6.07, 6.45) is 1.44. The quantitative estimate of drug-likeness (QED) is 0.675. The topological polar surface area (TPSA) is 63.6 Å². The number of carbonyl (C=O) groups is 2. The van der Waals surface area contributed by atoms with Crippen LogP contribution in [0.5, 0.6) is 0 Å². The van der Waals surface area contributed by atoms with Crippen molar-refractivity contribution in [3.05, 3.63) is 11.1 Å². The molecule has 3 aliphatic rings. The average molecular weight is 264 g/mol. The number of fused-ring (bicyclic) bond motifs is 3. The Balaban J connectivity index is 2.10. The molecule has 1 saturated heterocycles. The van der Waals surface area contributed by atoms with Crippen molar-refractivity contribution in [2.45, 2.75) is 51.7 Å². The number of ether oxygens (including phenoxy) is 1. The van der Waals surface area contributed by atoms with Crippen LogP contribution in [0.3, 0.4) is 0 Å². The first-order valence-electron chi connectivity index (χ1n) is 6.99. The molecule has 0 radical (unpaired) electrons. The van der Waals surface area contributed by atoms with Gasteiger partial charge in [0, 0.05) is 18.3 Å². The molecule has 0 amide bonds. The predicted molar refractivity (Wildman–Crippen MR) is 68.2 cm³/mol. The lowest BCUT2D eigenvalue weighted by Gasteiger charge is -2.30. The van der Waals surface area contributed by atoms with Gasteiger partial charge in [0.15, 0.2) is 5.78 Å². The van der Waals surface area contributed by atoms with Gasteiger partial charge in [-0.25, -0.2) is 0 Å². The molecule has 5 atom stereocenters. The van der Waals surface area contributed by atoms with Crippen molar-refractivity contribution in [2.24, 2.45) is 17.8 Å². The number of carbonyl (C=O) groups excluding carboxylic acids is 2. The fraction of sp³-hybridized carbons (Fsp3) is 0.733. The molecule has 0 aromatic heterocycles. The van der Waals surface area contributed by atoms with Crippen LogP contribution in [-0.4, -0.2) is 28.6 Å². The zero-order valence-corrected chi connectivity index (χ0v) is 11.6. The smallest absolute Gasteiger partial charge is 0.309 e. The van der Waals surface area contributed by atoms with Gasteiger partial charge in [0.2, 0.25) is 0 Å². The maximum Gasteiger partial charge on any atom is 0.309 e. The molecule has 4 heteroatoms. The van der Waals surface area contributed by atoms with E-state index in [1.165, 1.54) is 0 Å². The normalized spacial score (nSPS) is 45.9. The van der Waals surface area contributed by atoms with Crippen LogP contribution in [0.15, 0.2) is 11.1 Å². The second kappa shape index (κ2) is 3.92. The van der Waals surface area contributed by atoms with Gasteiger partial charge in [-0.2, -0.15) is 0 Å². The maximum absolute atomic E-state index is 12.0. The number of esters is 1. The first kappa shape index (κ1) is 12.9. The maximum atomic E-state index is 12.0. The number of Topliss-reactive ketones (excluding diaryl/α,β-unsaturated/α-hetero) is 1. The molecule has 1 heterocycles. The minimum Gasteiger partial charge on any atom is -0.457 e. The molecule has 0 aromatic carbocycles. The summed E-state index contributed by atoms with van der Waals surface area (Å²) in [5, 5.41) is 10.6. The molecule has 19 heavy (non-hydrogen) atoms. The molecular formula is C15H20O4. The first-order valence-corrected chi connectivity index (χ1v) is 6.99. The van der Waals surface area contributed by atoms with Gasteiger partial charge in [0.25, 0.3) is 0 Å². The Morgan fingerprint density at radius 3 is 2.74 bits per heavy atom. The predicted octanol–water partition coefficient (Wildman–Crippen LogP) is 1.61. The van der Waals surface area contributed by atoms with Crippen LogP contribution in [0.2, 0.25) is 0 Å². The van der Waals surface area contributed by atoms with E-state index in [2.05, 4.69) is 0 Å². The van der Waals surface area contributed by atoms with E-state index in [0.29, 0.717) is 18.4 Å². The third kappa shape index (κ3) is 1.69. The summed E-state index contributed by atoms with van der Waals surface area (Å²) in [7, 11) is 0. The highest BCUT2D eigenvalue weighted by molar-refractivity contribution is 5.99. The highest BCUT2D eigenvalue weighted by Crippen LogP contribution is 2.50. The number of allylic oxidation sites excluding steroid dienone is 1. The summed E-state index contributed by atoms with van der Waals surface area (Å²) in [6.45, 7) is 5.48. The molecule has 0 aromatic rings. The Kier molecular flexibility index (Phi) is 2.65. The van der Waals surface area contributed by atoms with E-state index in [1.54, 1.807) is 13.8 Å². The van der Waals surface area contributed by atoms with Crippen molar-refractivity contribution in [1.82, 2.24) is 0 Å². The summed E-state index contributed by atoms with van der Waals surface area (Å²) in [6, 6.07) is 0. The van der Waals surface area contributed by atoms with Gasteiger partial charge in [0.05, 0.1) is 11.5 Å². The molecular weight excluding hydrogens is 244 g/mol. The zero-order chi connectivity index (χ0) is 13.9. The molecule has 1 unspecified atom stereocenters. The Hall–Kier alpha value is -1.16. The van der Waals surface area contributed by atoms with Crippen LogP contribution in [0, 0.1) is 17.8 Å². The van der Waals surface area contributed by atoms with E-state index >= 15 is 0 Å². The number of aliphatic hydroxyl groups is 1. The van der Waals surface area contributed by atoms with Crippen LogP contribution >= 0.6 is 0 Å². The molecule has 1 saturated carbocycles. The molecule has 0 spiro atoms. The molecule has 2 aliphatic carbocycles. The number of rotatable bonds is 0. The molecule has 3 rings (SSSR count). The monoisotopic (exact) mass is 264 g/mol. The fourth-order valence-electron chi connectivity index (χ4n) is 3.92. The van der Waals surface area contributed by atoms with Crippen molar-refractivity contribution in [1.29, 1.82) is 0 Å². The van der Waals surface area contributed by atoms with Crippen molar-refractivity contribution in [3.8, 4) is 0 Å². The fourth-order valence-corrected chi connectivity index (χ4v) is 3.92. The lowest BCUT2D eigenvalue weighted by atomic mass is 9.81. The van der Waals surface area contributed by atoms with Crippen LogP contribution < -0.4 is 0 Å². The SMILES string of the molecule is CC1=C2C(CC1=O)[C@](C)(O)CC[C@H]1[C@H](C)C(=O)O[C@H]21. The largest absolute Gasteiger partial charge is 0.457 e. The molecule has 104 valence electrons. The van der Waals surface area contributed by atoms with E-state index in [0.717, 1.165) is 12.0 Å². The lowest BCUT2D eigenvalue weighted by Crippen LogP contribution is -2.35. The molecule has 4 nitrogen and oxygen atoms in total. The second-order valence-corrected chi connectivity index (χ2v) is 6.47. The summed E-state index contributed by atoms with van der Waals surface area (Å²) >= 11 is 0. The van der Waals surface area contributed by atoms with Crippen LogP contribution in [0.1, 0.15) is 40.0 Å².